The molecule has 2 aromatic rings. The van der Waals surface area contributed by atoms with Gasteiger partial charge >= 0.3 is 6.03 Å². The molecule has 0 saturated heterocycles. The molecule has 0 aliphatic rings. The van der Waals surface area contributed by atoms with Crippen LogP contribution in [0.2, 0.25) is 5.02 Å². The van der Waals surface area contributed by atoms with Crippen molar-refractivity contribution in [3.63, 3.8) is 0 Å². The summed E-state index contributed by atoms with van der Waals surface area (Å²) in [6, 6.07) is 8.50. The van der Waals surface area contributed by atoms with Crippen molar-refractivity contribution < 1.29 is 13.2 Å². The molecule has 0 unspecified atom stereocenters. The van der Waals surface area contributed by atoms with Crippen LogP contribution in [0.1, 0.15) is 0 Å². The molecule has 0 spiro atoms. The molecule has 0 saturated carbocycles. The van der Waals surface area contributed by atoms with E-state index in [1.54, 1.807) is 35.7 Å². The Morgan fingerprint density at radius 2 is 1.84 bits per heavy atom. The third-order valence-electron chi connectivity index (χ3n) is 2.09. The summed E-state index contributed by atoms with van der Waals surface area (Å²) >= 11 is 6.73. The van der Waals surface area contributed by atoms with E-state index < -0.39 is 16.1 Å². The molecule has 2 N–H and O–H groups in total. The second-order valence-corrected chi connectivity index (χ2v) is 6.79. The highest BCUT2D eigenvalue weighted by Crippen LogP contribution is 2.16. The van der Waals surface area contributed by atoms with E-state index in [0.717, 1.165) is 11.3 Å². The minimum Gasteiger partial charge on any atom is -0.307 e. The van der Waals surface area contributed by atoms with Gasteiger partial charge in [0, 0.05) is 10.7 Å². The fourth-order valence-corrected chi connectivity index (χ4v) is 3.30. The highest BCUT2D eigenvalue weighted by atomic mass is 35.5. The summed E-state index contributed by atoms with van der Waals surface area (Å²) in [4.78, 5) is 11.6. The first-order valence-electron chi connectivity index (χ1n) is 5.10. The summed E-state index contributed by atoms with van der Waals surface area (Å²) in [5.74, 6) is 0. The summed E-state index contributed by atoms with van der Waals surface area (Å²) < 4.78 is 25.5. The molecule has 8 heteroatoms. The number of hydrogen-bond acceptors (Lipinski definition) is 4. The van der Waals surface area contributed by atoms with Crippen LogP contribution in [0.25, 0.3) is 0 Å². The average molecular weight is 317 g/mol. The molecule has 5 nitrogen and oxygen atoms in total. The van der Waals surface area contributed by atoms with Crippen molar-refractivity contribution in [3.8, 4) is 0 Å². The molecule has 0 aliphatic carbocycles. The van der Waals surface area contributed by atoms with Crippen molar-refractivity contribution >= 4 is 44.7 Å². The monoisotopic (exact) mass is 316 g/mol. The van der Waals surface area contributed by atoms with Gasteiger partial charge in [-0.2, -0.15) is 0 Å². The van der Waals surface area contributed by atoms with E-state index >= 15 is 0 Å². The Kier molecular flexibility index (Phi) is 4.08. The molecular weight excluding hydrogens is 308 g/mol. The molecule has 19 heavy (non-hydrogen) atoms. The highest BCUT2D eigenvalue weighted by Gasteiger charge is 2.18. The molecular formula is C11H9ClN2O3S2. The predicted octanol–water partition coefficient (Wildman–Crippen LogP) is 2.91. The van der Waals surface area contributed by atoms with Crippen LogP contribution in [0.5, 0.6) is 0 Å². The molecule has 1 aromatic carbocycles. The number of amides is 2. The van der Waals surface area contributed by atoms with Crippen molar-refractivity contribution in [3.05, 3.63) is 46.8 Å². The van der Waals surface area contributed by atoms with Crippen LogP contribution in [0, 0.1) is 0 Å². The Morgan fingerprint density at radius 1 is 1.16 bits per heavy atom. The van der Waals surface area contributed by atoms with Crippen LogP contribution in [-0.2, 0) is 10.0 Å². The minimum absolute atomic E-state index is 0.0822. The van der Waals surface area contributed by atoms with Crippen LogP contribution < -0.4 is 10.0 Å². The summed E-state index contributed by atoms with van der Waals surface area (Å²) in [6.07, 6.45) is 0. The van der Waals surface area contributed by atoms with Gasteiger partial charge in [0.1, 0.15) is 4.21 Å². The SMILES string of the molecule is O=C(Nc1ccc(Cl)cc1)NS(=O)(=O)c1cccs1. The zero-order valence-electron chi connectivity index (χ0n) is 9.46. The maximum Gasteiger partial charge on any atom is 0.333 e. The number of rotatable bonds is 3. The number of carbonyl (C=O) groups is 1. The third kappa shape index (κ3) is 3.69. The normalized spacial score (nSPS) is 11.0. The average Bonchev–Trinajstić information content (AvgIpc) is 2.85. The summed E-state index contributed by atoms with van der Waals surface area (Å²) in [6.45, 7) is 0. The van der Waals surface area contributed by atoms with E-state index in [-0.39, 0.29) is 4.21 Å². The van der Waals surface area contributed by atoms with Gasteiger partial charge < -0.3 is 5.32 Å². The fourth-order valence-electron chi connectivity index (χ4n) is 1.28. The lowest BCUT2D eigenvalue weighted by molar-refractivity contribution is 0.256. The Labute approximate surface area is 119 Å². The molecule has 100 valence electrons. The van der Waals surface area contributed by atoms with Gasteiger partial charge in [-0.1, -0.05) is 17.7 Å². The second kappa shape index (κ2) is 5.60. The van der Waals surface area contributed by atoms with Crippen molar-refractivity contribution in [2.45, 2.75) is 4.21 Å². The molecule has 1 aromatic heterocycles. The van der Waals surface area contributed by atoms with Crippen LogP contribution in [0.3, 0.4) is 0 Å². The van der Waals surface area contributed by atoms with Gasteiger partial charge in [0.05, 0.1) is 0 Å². The third-order valence-corrected chi connectivity index (χ3v) is 5.07. The van der Waals surface area contributed by atoms with E-state index in [4.69, 9.17) is 11.6 Å². The van der Waals surface area contributed by atoms with Crippen LogP contribution in [0.15, 0.2) is 46.0 Å². The molecule has 0 atom stereocenters. The largest absolute Gasteiger partial charge is 0.333 e. The number of sulfonamides is 1. The van der Waals surface area contributed by atoms with Gasteiger partial charge in [0.15, 0.2) is 0 Å². The molecule has 2 rings (SSSR count). The standard InChI is InChI=1S/C11H9ClN2O3S2/c12-8-3-5-9(6-4-8)13-11(15)14-19(16,17)10-2-1-7-18-10/h1-7H,(H2,13,14,15). The molecule has 1 heterocycles. The minimum atomic E-state index is -3.81. The molecule has 0 aliphatic heterocycles. The lowest BCUT2D eigenvalue weighted by atomic mass is 10.3. The highest BCUT2D eigenvalue weighted by molar-refractivity contribution is 7.92. The molecule has 0 radical (unpaired) electrons. The van der Waals surface area contributed by atoms with Crippen LogP contribution in [0.4, 0.5) is 10.5 Å². The van der Waals surface area contributed by atoms with Gasteiger partial charge in [-0.05, 0) is 35.7 Å². The Morgan fingerprint density at radius 3 is 2.42 bits per heavy atom. The van der Waals surface area contributed by atoms with E-state index in [0.29, 0.717) is 10.7 Å². The van der Waals surface area contributed by atoms with Gasteiger partial charge in [0.2, 0.25) is 0 Å². The quantitative estimate of drug-likeness (QED) is 0.914. The van der Waals surface area contributed by atoms with Crippen molar-refractivity contribution in [2.24, 2.45) is 0 Å². The lowest BCUT2D eigenvalue weighted by Gasteiger charge is -2.07. The summed E-state index contributed by atoms with van der Waals surface area (Å²) in [7, 11) is -3.81. The maximum atomic E-state index is 11.8. The maximum absolute atomic E-state index is 11.8. The Balaban J connectivity index is 2.04. The fraction of sp³-hybridized carbons (Fsp3) is 0. The molecule has 2 amide bonds. The second-order valence-electron chi connectivity index (χ2n) is 3.50. The van der Waals surface area contributed by atoms with E-state index in [9.17, 15) is 13.2 Å². The number of benzene rings is 1. The Bertz CT molecular complexity index is 666. The van der Waals surface area contributed by atoms with E-state index in [2.05, 4.69) is 5.32 Å². The number of thiophene rings is 1. The number of urea groups is 1. The van der Waals surface area contributed by atoms with Crippen molar-refractivity contribution in [1.82, 2.24) is 4.72 Å². The predicted molar refractivity (Wildman–Crippen MR) is 75.1 cm³/mol. The van der Waals surface area contributed by atoms with E-state index in [1.807, 2.05) is 4.72 Å². The Hall–Kier alpha value is -1.57. The summed E-state index contributed by atoms with van der Waals surface area (Å²) in [5.41, 5.74) is 0.447. The zero-order chi connectivity index (χ0) is 13.9. The summed E-state index contributed by atoms with van der Waals surface area (Å²) in [5, 5.41) is 4.55. The van der Waals surface area contributed by atoms with Gasteiger partial charge in [-0.3, -0.25) is 0 Å². The molecule has 0 fully saturated rings. The zero-order valence-corrected chi connectivity index (χ0v) is 11.8. The van der Waals surface area contributed by atoms with Crippen LogP contribution >= 0.6 is 22.9 Å². The number of hydrogen-bond donors (Lipinski definition) is 2. The smallest absolute Gasteiger partial charge is 0.307 e. The number of carbonyl (C=O) groups excluding carboxylic acids is 1. The number of nitrogens with one attached hydrogen (secondary N) is 2. The lowest BCUT2D eigenvalue weighted by Crippen LogP contribution is -2.33. The van der Waals surface area contributed by atoms with Crippen molar-refractivity contribution in [1.29, 1.82) is 0 Å². The topological polar surface area (TPSA) is 75.3 Å². The first-order valence-corrected chi connectivity index (χ1v) is 7.84. The number of halogens is 1. The van der Waals surface area contributed by atoms with Gasteiger partial charge in [-0.15, -0.1) is 11.3 Å². The van der Waals surface area contributed by atoms with Gasteiger partial charge in [-0.25, -0.2) is 17.9 Å². The first kappa shape index (κ1) is 13.9. The van der Waals surface area contributed by atoms with Gasteiger partial charge in [0.25, 0.3) is 10.0 Å². The first-order chi connectivity index (χ1) is 8.97. The van der Waals surface area contributed by atoms with Crippen molar-refractivity contribution in [2.75, 3.05) is 5.32 Å². The van der Waals surface area contributed by atoms with E-state index in [1.165, 1.54) is 6.07 Å². The van der Waals surface area contributed by atoms with Crippen LogP contribution in [-0.4, -0.2) is 14.4 Å². The molecule has 0 bridgehead atoms. The number of anilines is 1.